The molecule has 2 aliphatic rings. The van der Waals surface area contributed by atoms with Gasteiger partial charge in [0, 0.05) is 56.8 Å². The summed E-state index contributed by atoms with van der Waals surface area (Å²) in [6, 6.07) is 6.44. The van der Waals surface area contributed by atoms with Crippen LogP contribution in [0.15, 0.2) is 36.8 Å². The van der Waals surface area contributed by atoms with Gasteiger partial charge in [-0.1, -0.05) is 6.07 Å². The van der Waals surface area contributed by atoms with E-state index in [0.29, 0.717) is 6.01 Å². The number of aryl methyl sites for hydroxylation is 1. The van der Waals surface area contributed by atoms with Crippen LogP contribution in [0.3, 0.4) is 0 Å². The number of nitrogens with zero attached hydrogens (tertiary/aromatic N) is 4. The van der Waals surface area contributed by atoms with E-state index in [2.05, 4.69) is 25.9 Å². The van der Waals surface area contributed by atoms with E-state index in [9.17, 15) is 0 Å². The van der Waals surface area contributed by atoms with Crippen molar-refractivity contribution in [2.45, 2.75) is 38.0 Å². The SMILES string of the molecule is Cc1ccnc(OC2CCOC3(C2)CN(Cc2cccnc2)C3)n1. The Labute approximate surface area is 141 Å². The highest BCUT2D eigenvalue weighted by molar-refractivity contribution is 5.11. The topological polar surface area (TPSA) is 60.4 Å². The maximum atomic E-state index is 6.08. The Morgan fingerprint density at radius 1 is 1.33 bits per heavy atom. The van der Waals surface area contributed by atoms with Gasteiger partial charge in [-0.3, -0.25) is 9.88 Å². The molecule has 6 heteroatoms. The van der Waals surface area contributed by atoms with Crippen molar-refractivity contribution < 1.29 is 9.47 Å². The predicted molar refractivity (Wildman–Crippen MR) is 88.6 cm³/mol. The molecule has 1 unspecified atom stereocenters. The molecule has 0 N–H and O–H groups in total. The Morgan fingerprint density at radius 3 is 3.04 bits per heavy atom. The molecule has 0 amide bonds. The first-order chi connectivity index (χ1) is 11.7. The fraction of sp³-hybridized carbons (Fsp3) is 0.500. The summed E-state index contributed by atoms with van der Waals surface area (Å²) in [4.78, 5) is 15.1. The van der Waals surface area contributed by atoms with Crippen LogP contribution in [0.2, 0.25) is 0 Å². The van der Waals surface area contributed by atoms with Crippen molar-refractivity contribution in [2.24, 2.45) is 0 Å². The largest absolute Gasteiger partial charge is 0.460 e. The molecular formula is C18H22N4O2. The van der Waals surface area contributed by atoms with Crippen molar-refractivity contribution in [1.82, 2.24) is 19.9 Å². The highest BCUT2D eigenvalue weighted by Crippen LogP contribution is 2.36. The molecule has 1 atom stereocenters. The number of aromatic nitrogens is 3. The molecule has 6 nitrogen and oxygen atoms in total. The number of hydrogen-bond acceptors (Lipinski definition) is 6. The van der Waals surface area contributed by atoms with Crippen LogP contribution in [0.1, 0.15) is 24.1 Å². The van der Waals surface area contributed by atoms with E-state index < -0.39 is 0 Å². The Kier molecular flexibility index (Phi) is 4.16. The minimum absolute atomic E-state index is 0.0745. The molecule has 24 heavy (non-hydrogen) atoms. The lowest BCUT2D eigenvalue weighted by Gasteiger charge is -2.53. The van der Waals surface area contributed by atoms with Gasteiger partial charge in [0.1, 0.15) is 6.10 Å². The first-order valence-electron chi connectivity index (χ1n) is 8.42. The number of likely N-dealkylation sites (tertiary alicyclic amines) is 1. The van der Waals surface area contributed by atoms with Crippen molar-refractivity contribution >= 4 is 0 Å². The molecule has 0 aromatic carbocycles. The lowest BCUT2D eigenvalue weighted by molar-refractivity contribution is -0.188. The molecule has 2 aliphatic heterocycles. The first-order valence-corrected chi connectivity index (χ1v) is 8.42. The number of rotatable bonds is 4. The zero-order valence-corrected chi connectivity index (χ0v) is 13.9. The van der Waals surface area contributed by atoms with E-state index in [4.69, 9.17) is 9.47 Å². The van der Waals surface area contributed by atoms with Crippen molar-refractivity contribution in [3.05, 3.63) is 48.0 Å². The molecule has 4 rings (SSSR count). The van der Waals surface area contributed by atoms with E-state index in [1.165, 1.54) is 5.56 Å². The zero-order chi connectivity index (χ0) is 16.4. The summed E-state index contributed by atoms with van der Waals surface area (Å²) < 4.78 is 12.1. The van der Waals surface area contributed by atoms with Gasteiger partial charge in [-0.15, -0.1) is 0 Å². The molecule has 1 spiro atoms. The summed E-state index contributed by atoms with van der Waals surface area (Å²) in [7, 11) is 0. The smallest absolute Gasteiger partial charge is 0.316 e. The van der Waals surface area contributed by atoms with Gasteiger partial charge in [0.2, 0.25) is 0 Å². The number of ether oxygens (including phenoxy) is 2. The fourth-order valence-electron chi connectivity index (χ4n) is 3.57. The molecule has 0 radical (unpaired) electrons. The van der Waals surface area contributed by atoms with Crippen molar-refractivity contribution in [1.29, 1.82) is 0 Å². The maximum absolute atomic E-state index is 6.08. The van der Waals surface area contributed by atoms with Gasteiger partial charge in [0.25, 0.3) is 0 Å². The summed E-state index contributed by atoms with van der Waals surface area (Å²) in [5.41, 5.74) is 2.09. The van der Waals surface area contributed by atoms with Crippen LogP contribution in [0, 0.1) is 6.92 Å². The number of pyridine rings is 1. The first kappa shape index (κ1) is 15.5. The maximum Gasteiger partial charge on any atom is 0.316 e. The van der Waals surface area contributed by atoms with Crippen molar-refractivity contribution in [2.75, 3.05) is 19.7 Å². The molecule has 2 saturated heterocycles. The fourth-order valence-corrected chi connectivity index (χ4v) is 3.57. The summed E-state index contributed by atoms with van der Waals surface area (Å²) in [5.74, 6) is 0. The molecule has 126 valence electrons. The second kappa shape index (κ2) is 6.45. The average molecular weight is 326 g/mol. The Hall–Kier alpha value is -2.05. The van der Waals surface area contributed by atoms with Gasteiger partial charge in [-0.2, -0.15) is 0 Å². The van der Waals surface area contributed by atoms with Crippen LogP contribution in [-0.4, -0.2) is 51.3 Å². The third-order valence-electron chi connectivity index (χ3n) is 4.65. The molecule has 0 saturated carbocycles. The van der Waals surface area contributed by atoms with Crippen LogP contribution >= 0.6 is 0 Å². The lowest BCUT2D eigenvalue weighted by Crippen LogP contribution is -2.65. The van der Waals surface area contributed by atoms with E-state index in [1.54, 1.807) is 12.4 Å². The number of hydrogen-bond donors (Lipinski definition) is 0. The van der Waals surface area contributed by atoms with Crippen LogP contribution in [0.5, 0.6) is 6.01 Å². The van der Waals surface area contributed by atoms with Crippen LogP contribution < -0.4 is 4.74 Å². The summed E-state index contributed by atoms with van der Waals surface area (Å²) in [6.07, 6.45) is 7.39. The molecule has 0 aliphatic carbocycles. The molecule has 2 aromatic rings. The second-order valence-electron chi connectivity index (χ2n) is 6.75. The normalized spacial score (nSPS) is 23.0. The highest BCUT2D eigenvalue weighted by Gasteiger charge is 2.48. The third kappa shape index (κ3) is 3.39. The average Bonchev–Trinajstić information content (AvgIpc) is 2.55. The zero-order valence-electron chi connectivity index (χ0n) is 13.9. The van der Waals surface area contributed by atoms with Gasteiger partial charge in [-0.05, 0) is 24.6 Å². The van der Waals surface area contributed by atoms with Gasteiger partial charge in [0.15, 0.2) is 0 Å². The lowest BCUT2D eigenvalue weighted by atomic mass is 9.84. The predicted octanol–water partition coefficient (Wildman–Crippen LogP) is 1.99. The third-order valence-corrected chi connectivity index (χ3v) is 4.65. The van der Waals surface area contributed by atoms with Crippen molar-refractivity contribution in [3.8, 4) is 6.01 Å². The molecular weight excluding hydrogens is 304 g/mol. The monoisotopic (exact) mass is 326 g/mol. The highest BCUT2D eigenvalue weighted by atomic mass is 16.5. The Bertz CT molecular complexity index is 688. The van der Waals surface area contributed by atoms with E-state index >= 15 is 0 Å². The van der Waals surface area contributed by atoms with E-state index in [-0.39, 0.29) is 11.7 Å². The second-order valence-corrected chi connectivity index (χ2v) is 6.75. The van der Waals surface area contributed by atoms with Crippen LogP contribution in [0.25, 0.3) is 0 Å². The van der Waals surface area contributed by atoms with E-state index in [0.717, 1.165) is 44.8 Å². The van der Waals surface area contributed by atoms with Gasteiger partial charge in [-0.25, -0.2) is 9.97 Å². The quantitative estimate of drug-likeness (QED) is 0.856. The van der Waals surface area contributed by atoms with Crippen LogP contribution in [-0.2, 0) is 11.3 Å². The molecule has 2 aromatic heterocycles. The minimum atomic E-state index is -0.0745. The molecule has 4 heterocycles. The van der Waals surface area contributed by atoms with Gasteiger partial charge in [0.05, 0.1) is 12.2 Å². The Balaban J connectivity index is 1.33. The summed E-state index contributed by atoms with van der Waals surface area (Å²) in [5, 5.41) is 0. The van der Waals surface area contributed by atoms with Gasteiger partial charge >= 0.3 is 6.01 Å². The summed E-state index contributed by atoms with van der Waals surface area (Å²) in [6.45, 7) is 5.48. The summed E-state index contributed by atoms with van der Waals surface area (Å²) >= 11 is 0. The minimum Gasteiger partial charge on any atom is -0.460 e. The van der Waals surface area contributed by atoms with E-state index in [1.807, 2.05) is 25.3 Å². The standard InChI is InChI=1S/C18H22N4O2/c1-14-4-7-20-17(21-14)24-16-5-8-23-18(9-16)12-22(13-18)11-15-3-2-6-19-10-15/h2-4,6-7,10,16H,5,8-9,11-13H2,1H3. The van der Waals surface area contributed by atoms with Crippen molar-refractivity contribution in [3.63, 3.8) is 0 Å². The molecule has 2 fully saturated rings. The van der Waals surface area contributed by atoms with Crippen LogP contribution in [0.4, 0.5) is 0 Å². The molecule has 0 bridgehead atoms. The van der Waals surface area contributed by atoms with Gasteiger partial charge < -0.3 is 9.47 Å². The Morgan fingerprint density at radius 2 is 2.25 bits per heavy atom.